The molecule has 2 amide bonds. The summed E-state index contributed by atoms with van der Waals surface area (Å²) in [7, 11) is 0. The van der Waals surface area contributed by atoms with Crippen LogP contribution in [0.25, 0.3) is 0 Å². The summed E-state index contributed by atoms with van der Waals surface area (Å²) >= 11 is 0. The smallest absolute Gasteiger partial charge is 0.347 e. The lowest BCUT2D eigenvalue weighted by molar-refractivity contribution is -0.160. The summed E-state index contributed by atoms with van der Waals surface area (Å²) < 4.78 is 10.8. The van der Waals surface area contributed by atoms with Crippen LogP contribution in [0.5, 0.6) is 5.75 Å². The van der Waals surface area contributed by atoms with E-state index < -0.39 is 24.1 Å². The van der Waals surface area contributed by atoms with Gasteiger partial charge in [-0.3, -0.25) is 14.5 Å². The molecule has 8 heteroatoms. The Morgan fingerprint density at radius 2 is 1.79 bits per heavy atom. The van der Waals surface area contributed by atoms with E-state index in [1.807, 2.05) is 6.07 Å². The van der Waals surface area contributed by atoms with Crippen molar-refractivity contribution in [2.75, 3.05) is 16.8 Å². The summed E-state index contributed by atoms with van der Waals surface area (Å²) in [6.07, 6.45) is -2.07. The molecule has 2 aromatic carbocycles. The van der Waals surface area contributed by atoms with Crippen molar-refractivity contribution in [3.8, 4) is 11.8 Å². The first-order chi connectivity index (χ1) is 13.9. The van der Waals surface area contributed by atoms with Gasteiger partial charge in [0.2, 0.25) is 5.91 Å². The fraction of sp³-hybridized carbons (Fsp3) is 0.238. The van der Waals surface area contributed by atoms with E-state index in [0.29, 0.717) is 22.7 Å². The number of amides is 2. The van der Waals surface area contributed by atoms with Crippen molar-refractivity contribution < 1.29 is 23.9 Å². The van der Waals surface area contributed by atoms with Crippen LogP contribution in [0.4, 0.5) is 11.4 Å². The molecule has 8 nitrogen and oxygen atoms in total. The summed E-state index contributed by atoms with van der Waals surface area (Å²) in [5.41, 5.74) is 1.53. The molecule has 0 aliphatic carbocycles. The Balaban J connectivity index is 1.63. The topological polar surface area (TPSA) is 109 Å². The number of carbonyl (C=O) groups excluding carboxylic acids is 3. The number of para-hydroxylation sites is 2. The highest BCUT2D eigenvalue weighted by Crippen LogP contribution is 2.29. The largest absolute Gasteiger partial charge is 0.479 e. The Bertz CT molecular complexity index is 981. The highest BCUT2D eigenvalue weighted by Gasteiger charge is 2.32. The number of benzene rings is 2. The molecule has 2 atom stereocenters. The van der Waals surface area contributed by atoms with Crippen molar-refractivity contribution in [3.05, 3.63) is 54.1 Å². The third kappa shape index (κ3) is 4.52. The molecule has 1 aliphatic heterocycles. The molecule has 1 heterocycles. The average Bonchev–Trinajstić information content (AvgIpc) is 2.72. The lowest BCUT2D eigenvalue weighted by atomic mass is 10.1. The second kappa shape index (κ2) is 8.44. The summed E-state index contributed by atoms with van der Waals surface area (Å²) in [6, 6.07) is 15.2. The minimum Gasteiger partial charge on any atom is -0.479 e. The molecular weight excluding hydrogens is 374 g/mol. The number of anilines is 2. The van der Waals surface area contributed by atoms with Crippen molar-refractivity contribution in [2.24, 2.45) is 0 Å². The van der Waals surface area contributed by atoms with Crippen LogP contribution in [0.3, 0.4) is 0 Å². The number of nitrogens with zero attached hydrogens (tertiary/aromatic N) is 2. The van der Waals surface area contributed by atoms with Gasteiger partial charge in [0.25, 0.3) is 5.91 Å². The van der Waals surface area contributed by atoms with E-state index in [4.69, 9.17) is 14.7 Å². The molecular formula is C21H19N3O5. The Morgan fingerprint density at radius 1 is 1.10 bits per heavy atom. The van der Waals surface area contributed by atoms with Gasteiger partial charge in [0.05, 0.1) is 23.0 Å². The first-order valence-corrected chi connectivity index (χ1v) is 8.96. The van der Waals surface area contributed by atoms with Crippen LogP contribution in [-0.2, 0) is 19.1 Å². The lowest BCUT2D eigenvalue weighted by Crippen LogP contribution is -2.47. The molecule has 3 rings (SSSR count). The van der Waals surface area contributed by atoms with Crippen molar-refractivity contribution >= 4 is 29.2 Å². The van der Waals surface area contributed by atoms with Crippen LogP contribution in [0.15, 0.2) is 48.5 Å². The summed E-state index contributed by atoms with van der Waals surface area (Å²) in [5, 5.41) is 11.5. The van der Waals surface area contributed by atoms with Crippen LogP contribution < -0.4 is 15.0 Å². The Hall–Kier alpha value is -3.86. The normalized spacial score (nSPS) is 14.7. The minimum absolute atomic E-state index is 0.158. The molecule has 0 spiro atoms. The molecule has 148 valence electrons. The van der Waals surface area contributed by atoms with E-state index in [-0.39, 0.29) is 12.5 Å². The van der Waals surface area contributed by atoms with Gasteiger partial charge in [0.1, 0.15) is 12.3 Å². The van der Waals surface area contributed by atoms with Crippen LogP contribution in [0, 0.1) is 11.3 Å². The number of carbonyl (C=O) groups is 3. The zero-order valence-corrected chi connectivity index (χ0v) is 15.9. The molecule has 0 bridgehead atoms. The van der Waals surface area contributed by atoms with Gasteiger partial charge in [-0.25, -0.2) is 4.79 Å². The van der Waals surface area contributed by atoms with Crippen molar-refractivity contribution in [3.63, 3.8) is 0 Å². The average molecular weight is 393 g/mol. The maximum absolute atomic E-state index is 12.8. The number of nitriles is 1. The fourth-order valence-electron chi connectivity index (χ4n) is 2.83. The van der Waals surface area contributed by atoms with Crippen LogP contribution in [0.2, 0.25) is 0 Å². The van der Waals surface area contributed by atoms with E-state index in [9.17, 15) is 14.4 Å². The maximum Gasteiger partial charge on any atom is 0.347 e. The molecule has 0 aromatic heterocycles. The second-order valence-corrected chi connectivity index (χ2v) is 6.47. The number of ether oxygens (including phenoxy) is 2. The summed E-state index contributed by atoms with van der Waals surface area (Å²) in [4.78, 5) is 38.3. The van der Waals surface area contributed by atoms with E-state index in [1.54, 1.807) is 48.5 Å². The Labute approximate surface area is 167 Å². The maximum atomic E-state index is 12.8. The van der Waals surface area contributed by atoms with E-state index in [0.717, 1.165) is 0 Å². The standard InChI is InChI=1S/C21H19N3O5/c1-13(20(26)24-12-19(25)23-17-5-3-4-6-18(17)24)29-21(27)14(2)28-16-9-7-15(11-22)8-10-16/h3-10,13-14H,12H2,1-2H3,(H,23,25)/t13-,14+/m0/s1. The molecule has 0 radical (unpaired) electrons. The number of nitrogens with one attached hydrogen (secondary N) is 1. The molecule has 1 aliphatic rings. The third-order valence-corrected chi connectivity index (χ3v) is 4.31. The lowest BCUT2D eigenvalue weighted by Gasteiger charge is -2.31. The molecule has 1 N–H and O–H groups in total. The molecule has 0 fully saturated rings. The zero-order valence-electron chi connectivity index (χ0n) is 15.9. The number of hydrogen-bond donors (Lipinski definition) is 1. The van der Waals surface area contributed by atoms with Gasteiger partial charge in [0.15, 0.2) is 12.2 Å². The first kappa shape index (κ1) is 19.9. The van der Waals surface area contributed by atoms with Crippen LogP contribution in [0.1, 0.15) is 19.4 Å². The first-order valence-electron chi connectivity index (χ1n) is 8.96. The minimum atomic E-state index is -1.10. The van der Waals surface area contributed by atoms with Gasteiger partial charge in [-0.2, -0.15) is 5.26 Å². The van der Waals surface area contributed by atoms with E-state index in [2.05, 4.69) is 5.32 Å². The predicted molar refractivity (Wildman–Crippen MR) is 104 cm³/mol. The number of rotatable bonds is 5. The van der Waals surface area contributed by atoms with Crippen molar-refractivity contribution in [1.82, 2.24) is 0 Å². The van der Waals surface area contributed by atoms with Gasteiger partial charge < -0.3 is 14.8 Å². The van der Waals surface area contributed by atoms with Gasteiger partial charge in [0, 0.05) is 0 Å². The molecule has 0 unspecified atom stereocenters. The zero-order chi connectivity index (χ0) is 21.0. The van der Waals surface area contributed by atoms with Gasteiger partial charge >= 0.3 is 5.97 Å². The van der Waals surface area contributed by atoms with Crippen LogP contribution in [-0.4, -0.2) is 36.5 Å². The Kier molecular flexibility index (Phi) is 5.79. The fourth-order valence-corrected chi connectivity index (χ4v) is 2.83. The van der Waals surface area contributed by atoms with Crippen molar-refractivity contribution in [2.45, 2.75) is 26.1 Å². The number of esters is 1. The summed E-state index contributed by atoms with van der Waals surface area (Å²) in [6.45, 7) is 2.79. The van der Waals surface area contributed by atoms with Crippen molar-refractivity contribution in [1.29, 1.82) is 5.26 Å². The molecule has 29 heavy (non-hydrogen) atoms. The SMILES string of the molecule is C[C@H](OC(=O)[C@@H](C)Oc1ccc(C#N)cc1)C(=O)N1CC(=O)Nc2ccccc21. The number of hydrogen-bond acceptors (Lipinski definition) is 6. The second-order valence-electron chi connectivity index (χ2n) is 6.47. The predicted octanol–water partition coefficient (Wildman–Crippen LogP) is 2.24. The molecule has 0 saturated carbocycles. The van der Waals surface area contributed by atoms with Gasteiger partial charge in [-0.15, -0.1) is 0 Å². The monoisotopic (exact) mass is 393 g/mol. The quantitative estimate of drug-likeness (QED) is 0.781. The summed E-state index contributed by atoms with van der Waals surface area (Å²) in [5.74, 6) is -1.15. The van der Waals surface area contributed by atoms with Gasteiger partial charge in [-0.1, -0.05) is 12.1 Å². The number of fused-ring (bicyclic) bond motifs is 1. The third-order valence-electron chi connectivity index (χ3n) is 4.31. The van der Waals surface area contributed by atoms with E-state index >= 15 is 0 Å². The molecule has 2 aromatic rings. The molecule has 0 saturated heterocycles. The van der Waals surface area contributed by atoms with Crippen LogP contribution >= 0.6 is 0 Å². The van der Waals surface area contributed by atoms with Gasteiger partial charge in [-0.05, 0) is 50.2 Å². The highest BCUT2D eigenvalue weighted by atomic mass is 16.6. The highest BCUT2D eigenvalue weighted by molar-refractivity contribution is 6.11. The van der Waals surface area contributed by atoms with E-state index in [1.165, 1.54) is 18.7 Å². The Morgan fingerprint density at radius 3 is 2.48 bits per heavy atom.